The minimum absolute atomic E-state index is 0.0108. The van der Waals surface area contributed by atoms with Crippen molar-refractivity contribution in [1.82, 2.24) is 0 Å². The van der Waals surface area contributed by atoms with Gasteiger partial charge in [-0.3, -0.25) is 0 Å². The van der Waals surface area contributed by atoms with Crippen LogP contribution in [0.15, 0.2) is 18.2 Å². The van der Waals surface area contributed by atoms with Gasteiger partial charge in [0, 0.05) is 11.6 Å². The van der Waals surface area contributed by atoms with Crippen LogP contribution in [0.4, 0.5) is 0 Å². The molecule has 3 atom stereocenters. The number of aryl methyl sites for hydroxylation is 1. The van der Waals surface area contributed by atoms with Crippen LogP contribution in [0.3, 0.4) is 0 Å². The summed E-state index contributed by atoms with van der Waals surface area (Å²) in [6, 6.07) is 6.15. The quantitative estimate of drug-likeness (QED) is 0.892. The lowest BCUT2D eigenvalue weighted by atomic mass is 10.1. The minimum atomic E-state index is -0.0108. The molecule has 2 rings (SSSR count). The molecule has 0 amide bonds. The van der Waals surface area contributed by atoms with Crippen LogP contribution in [0, 0.1) is 6.92 Å². The monoisotopic (exact) mass is 249 g/mol. The Bertz CT molecular complexity index is 403. The highest BCUT2D eigenvalue weighted by Gasteiger charge is 2.22. The summed E-state index contributed by atoms with van der Waals surface area (Å²) < 4.78 is 11.6. The maximum atomic E-state index is 5.98. The zero-order chi connectivity index (χ0) is 13.1. The van der Waals surface area contributed by atoms with Crippen LogP contribution < -0.4 is 10.5 Å². The van der Waals surface area contributed by atoms with Crippen molar-refractivity contribution in [3.05, 3.63) is 29.3 Å². The fraction of sp³-hybridized carbons (Fsp3) is 0.600. The number of ether oxygens (including phenoxy) is 2. The van der Waals surface area contributed by atoms with Crippen molar-refractivity contribution in [2.24, 2.45) is 5.73 Å². The largest absolute Gasteiger partial charge is 0.491 e. The molecule has 0 aromatic heterocycles. The van der Waals surface area contributed by atoms with Crippen molar-refractivity contribution in [3.63, 3.8) is 0 Å². The van der Waals surface area contributed by atoms with E-state index >= 15 is 0 Å². The van der Waals surface area contributed by atoms with E-state index in [4.69, 9.17) is 15.2 Å². The number of rotatable bonds is 4. The van der Waals surface area contributed by atoms with Crippen molar-refractivity contribution in [2.45, 2.75) is 51.9 Å². The first-order valence-electron chi connectivity index (χ1n) is 6.70. The van der Waals surface area contributed by atoms with Crippen LogP contribution in [0.1, 0.15) is 43.9 Å². The standard InChI is InChI=1S/C15H23NO2/c1-10-4-7-15(14(8-10)12(3)16)17-9-13-6-5-11(2)18-13/h4,7-8,11-13H,5-6,9,16H2,1-3H3/t11?,12-,13?/m0/s1. The van der Waals surface area contributed by atoms with Gasteiger partial charge in [-0.1, -0.05) is 17.7 Å². The predicted molar refractivity (Wildman–Crippen MR) is 72.8 cm³/mol. The molecule has 1 aliphatic heterocycles. The maximum Gasteiger partial charge on any atom is 0.124 e. The molecule has 1 heterocycles. The molecule has 100 valence electrons. The van der Waals surface area contributed by atoms with Crippen molar-refractivity contribution in [3.8, 4) is 5.75 Å². The van der Waals surface area contributed by atoms with Gasteiger partial charge in [-0.15, -0.1) is 0 Å². The summed E-state index contributed by atoms with van der Waals surface area (Å²) in [7, 11) is 0. The Morgan fingerprint density at radius 2 is 2.22 bits per heavy atom. The topological polar surface area (TPSA) is 44.5 Å². The van der Waals surface area contributed by atoms with E-state index < -0.39 is 0 Å². The van der Waals surface area contributed by atoms with E-state index in [1.807, 2.05) is 13.0 Å². The van der Waals surface area contributed by atoms with E-state index in [0.29, 0.717) is 12.7 Å². The highest BCUT2D eigenvalue weighted by molar-refractivity contribution is 5.38. The Labute approximate surface area is 109 Å². The highest BCUT2D eigenvalue weighted by Crippen LogP contribution is 2.26. The molecule has 2 unspecified atom stereocenters. The van der Waals surface area contributed by atoms with Crippen LogP contribution in [-0.4, -0.2) is 18.8 Å². The van der Waals surface area contributed by atoms with Gasteiger partial charge in [0.05, 0.1) is 12.2 Å². The molecular formula is C15H23NO2. The van der Waals surface area contributed by atoms with Gasteiger partial charge >= 0.3 is 0 Å². The van der Waals surface area contributed by atoms with Gasteiger partial charge < -0.3 is 15.2 Å². The first-order chi connectivity index (χ1) is 8.56. The average molecular weight is 249 g/mol. The molecule has 1 aliphatic rings. The van der Waals surface area contributed by atoms with Crippen molar-refractivity contribution >= 4 is 0 Å². The van der Waals surface area contributed by atoms with Gasteiger partial charge in [-0.25, -0.2) is 0 Å². The van der Waals surface area contributed by atoms with Gasteiger partial charge in [-0.05, 0) is 39.7 Å². The summed E-state index contributed by atoms with van der Waals surface area (Å²) in [5, 5.41) is 0. The van der Waals surface area contributed by atoms with Crippen LogP contribution in [0.5, 0.6) is 5.75 Å². The molecule has 0 radical (unpaired) electrons. The van der Waals surface area contributed by atoms with E-state index in [-0.39, 0.29) is 12.1 Å². The zero-order valence-corrected chi connectivity index (χ0v) is 11.5. The molecule has 1 aromatic carbocycles. The van der Waals surface area contributed by atoms with E-state index in [9.17, 15) is 0 Å². The highest BCUT2D eigenvalue weighted by atomic mass is 16.5. The van der Waals surface area contributed by atoms with Gasteiger partial charge in [-0.2, -0.15) is 0 Å². The van der Waals surface area contributed by atoms with E-state index in [1.165, 1.54) is 5.56 Å². The molecule has 3 heteroatoms. The lowest BCUT2D eigenvalue weighted by Crippen LogP contribution is -2.19. The van der Waals surface area contributed by atoms with Crippen LogP contribution >= 0.6 is 0 Å². The summed E-state index contributed by atoms with van der Waals surface area (Å²) in [6.45, 7) is 6.78. The Morgan fingerprint density at radius 3 is 2.83 bits per heavy atom. The Kier molecular flexibility index (Phi) is 4.25. The Hall–Kier alpha value is -1.06. The van der Waals surface area contributed by atoms with Gasteiger partial charge in [0.25, 0.3) is 0 Å². The first-order valence-corrected chi connectivity index (χ1v) is 6.70. The molecule has 3 nitrogen and oxygen atoms in total. The number of hydrogen-bond donors (Lipinski definition) is 1. The van der Waals surface area contributed by atoms with E-state index in [2.05, 4.69) is 26.0 Å². The van der Waals surface area contributed by atoms with Gasteiger partial charge in [0.1, 0.15) is 12.4 Å². The maximum absolute atomic E-state index is 5.98. The molecule has 1 aromatic rings. The second kappa shape index (κ2) is 5.72. The molecular weight excluding hydrogens is 226 g/mol. The predicted octanol–water partition coefficient (Wildman–Crippen LogP) is 2.96. The summed E-state index contributed by atoms with van der Waals surface area (Å²) >= 11 is 0. The molecule has 18 heavy (non-hydrogen) atoms. The second-order valence-corrected chi connectivity index (χ2v) is 5.29. The first kappa shape index (κ1) is 13.4. The number of benzene rings is 1. The van der Waals surface area contributed by atoms with Crippen molar-refractivity contribution < 1.29 is 9.47 Å². The van der Waals surface area contributed by atoms with E-state index in [0.717, 1.165) is 24.2 Å². The lowest BCUT2D eigenvalue weighted by molar-refractivity contribution is 0.0262. The SMILES string of the molecule is Cc1ccc(OCC2CCC(C)O2)c([C@H](C)N)c1. The average Bonchev–Trinajstić information content (AvgIpc) is 2.73. The van der Waals surface area contributed by atoms with Gasteiger partial charge in [0.2, 0.25) is 0 Å². The fourth-order valence-corrected chi connectivity index (χ4v) is 2.35. The molecule has 2 N–H and O–H groups in total. The van der Waals surface area contributed by atoms with Crippen LogP contribution in [0.2, 0.25) is 0 Å². The third-order valence-corrected chi connectivity index (χ3v) is 3.40. The Balaban J connectivity index is 2.00. The fourth-order valence-electron chi connectivity index (χ4n) is 2.35. The molecule has 1 saturated heterocycles. The zero-order valence-electron chi connectivity index (χ0n) is 11.5. The Morgan fingerprint density at radius 1 is 1.44 bits per heavy atom. The van der Waals surface area contributed by atoms with E-state index in [1.54, 1.807) is 0 Å². The second-order valence-electron chi connectivity index (χ2n) is 5.29. The van der Waals surface area contributed by atoms with Crippen LogP contribution in [0.25, 0.3) is 0 Å². The van der Waals surface area contributed by atoms with Crippen molar-refractivity contribution in [2.75, 3.05) is 6.61 Å². The molecule has 1 fully saturated rings. The summed E-state index contributed by atoms with van der Waals surface area (Å²) in [4.78, 5) is 0. The molecule has 0 bridgehead atoms. The van der Waals surface area contributed by atoms with Gasteiger partial charge in [0.15, 0.2) is 0 Å². The third-order valence-electron chi connectivity index (χ3n) is 3.40. The molecule has 0 saturated carbocycles. The normalized spacial score (nSPS) is 25.1. The minimum Gasteiger partial charge on any atom is -0.491 e. The summed E-state index contributed by atoms with van der Waals surface area (Å²) in [5.74, 6) is 0.888. The summed E-state index contributed by atoms with van der Waals surface area (Å²) in [5.41, 5.74) is 8.26. The summed E-state index contributed by atoms with van der Waals surface area (Å²) in [6.07, 6.45) is 2.80. The number of hydrogen-bond acceptors (Lipinski definition) is 3. The van der Waals surface area contributed by atoms with Crippen molar-refractivity contribution in [1.29, 1.82) is 0 Å². The third kappa shape index (κ3) is 3.24. The molecule has 0 aliphatic carbocycles. The lowest BCUT2D eigenvalue weighted by Gasteiger charge is -2.17. The smallest absolute Gasteiger partial charge is 0.124 e. The van der Waals surface area contributed by atoms with Crippen LogP contribution in [-0.2, 0) is 4.74 Å². The molecule has 0 spiro atoms. The number of nitrogens with two attached hydrogens (primary N) is 1.